The zero-order valence-corrected chi connectivity index (χ0v) is 21.2. The lowest BCUT2D eigenvalue weighted by molar-refractivity contribution is -0.134. The van der Waals surface area contributed by atoms with Gasteiger partial charge in [0.2, 0.25) is 11.8 Å². The molecule has 1 atom stereocenters. The van der Waals surface area contributed by atoms with Crippen LogP contribution in [0.5, 0.6) is 0 Å². The lowest BCUT2D eigenvalue weighted by atomic mass is 9.53. The Morgan fingerprint density at radius 2 is 1.86 bits per heavy atom. The van der Waals surface area contributed by atoms with E-state index in [4.69, 9.17) is 9.40 Å². The molecule has 4 bridgehead atoms. The summed E-state index contributed by atoms with van der Waals surface area (Å²) < 4.78 is 5.70. The average Bonchev–Trinajstić information content (AvgIpc) is 3.47. The number of nitrogens with zero attached hydrogens (tertiary/aromatic N) is 1. The third-order valence-corrected chi connectivity index (χ3v) is 9.84. The predicted molar refractivity (Wildman–Crippen MR) is 139 cm³/mol. The van der Waals surface area contributed by atoms with E-state index < -0.39 is 0 Å². The number of fused-ring (bicyclic) bond motifs is 1. The number of hydrogen-bond acceptors (Lipinski definition) is 7. The molecule has 1 saturated heterocycles. The van der Waals surface area contributed by atoms with Crippen molar-refractivity contribution in [3.8, 4) is 0 Å². The van der Waals surface area contributed by atoms with Gasteiger partial charge in [-0.3, -0.25) is 14.9 Å². The van der Waals surface area contributed by atoms with E-state index in [1.54, 1.807) is 17.6 Å². The van der Waals surface area contributed by atoms with E-state index in [0.29, 0.717) is 24.9 Å². The van der Waals surface area contributed by atoms with Crippen LogP contribution in [0.3, 0.4) is 0 Å². The van der Waals surface area contributed by atoms with Crippen LogP contribution in [0, 0.1) is 17.8 Å². The number of anilines is 1. The highest BCUT2D eigenvalue weighted by Crippen LogP contribution is 2.55. The SMILES string of the molecule is O=C1CCC(c2coc3ccc(NCc4nc(CNC56CC7CC(CC(C7)C5)C6)cs4)cc23)C(=O)N1. The molecule has 0 spiro atoms. The molecule has 4 aliphatic carbocycles. The molecule has 0 radical (unpaired) electrons. The Kier molecular flexibility index (Phi) is 5.43. The number of rotatable bonds is 7. The number of piperidine rings is 1. The normalized spacial score (nSPS) is 31.2. The number of thiazole rings is 1. The summed E-state index contributed by atoms with van der Waals surface area (Å²) in [6.07, 6.45) is 11.0. The Morgan fingerprint density at radius 3 is 2.61 bits per heavy atom. The van der Waals surface area contributed by atoms with Crippen molar-refractivity contribution in [2.24, 2.45) is 17.8 Å². The average molecular weight is 505 g/mol. The van der Waals surface area contributed by atoms with Crippen molar-refractivity contribution in [3.05, 3.63) is 46.1 Å². The summed E-state index contributed by atoms with van der Waals surface area (Å²) in [5.74, 6) is 2.03. The Morgan fingerprint density at radius 1 is 1.08 bits per heavy atom. The molecule has 7 nitrogen and oxygen atoms in total. The molecule has 5 aliphatic rings. The summed E-state index contributed by atoms with van der Waals surface area (Å²) in [6, 6.07) is 5.94. The second-order valence-electron chi connectivity index (χ2n) is 11.5. The topological polar surface area (TPSA) is 96.3 Å². The fraction of sp³-hybridized carbons (Fsp3) is 0.536. The molecule has 2 aromatic heterocycles. The smallest absolute Gasteiger partial charge is 0.234 e. The number of carbonyl (C=O) groups is 2. The van der Waals surface area contributed by atoms with Crippen LogP contribution in [0.15, 0.2) is 34.3 Å². The first kappa shape index (κ1) is 22.5. The standard InChI is InChI=1S/C28H32N4O3S/c33-25-4-2-21(27(34)32-25)23-14-35-24-3-1-19(8-22(23)24)29-13-26-31-20(15-36-26)12-30-28-9-16-5-17(10-28)7-18(6-16)11-28/h1,3,8,14-18,21,29-30H,2,4-7,9-13H2,(H,32,33,34). The molecular formula is C28H32N4O3S. The zero-order chi connectivity index (χ0) is 24.3. The minimum atomic E-state index is -0.359. The molecule has 3 aromatic rings. The van der Waals surface area contributed by atoms with Crippen LogP contribution < -0.4 is 16.0 Å². The molecule has 8 rings (SSSR count). The third-order valence-electron chi connectivity index (χ3n) is 8.94. The van der Waals surface area contributed by atoms with Gasteiger partial charge in [-0.25, -0.2) is 4.98 Å². The van der Waals surface area contributed by atoms with Crippen LogP contribution in [0.1, 0.15) is 73.5 Å². The van der Waals surface area contributed by atoms with Crippen LogP contribution >= 0.6 is 11.3 Å². The quantitative estimate of drug-likeness (QED) is 0.388. The molecule has 5 fully saturated rings. The lowest BCUT2D eigenvalue weighted by Crippen LogP contribution is -2.58. The minimum absolute atomic E-state index is 0.206. The number of imide groups is 1. The van der Waals surface area contributed by atoms with Gasteiger partial charge < -0.3 is 15.1 Å². The molecule has 3 N–H and O–H groups in total. The van der Waals surface area contributed by atoms with Gasteiger partial charge in [0.25, 0.3) is 0 Å². The maximum Gasteiger partial charge on any atom is 0.234 e. The molecule has 188 valence electrons. The van der Waals surface area contributed by atoms with Gasteiger partial charge in [0.05, 0.1) is 24.4 Å². The minimum Gasteiger partial charge on any atom is -0.464 e. The molecule has 1 aliphatic heterocycles. The fourth-order valence-electron chi connectivity index (χ4n) is 7.71. The molecule has 2 amide bonds. The Hall–Kier alpha value is -2.71. The van der Waals surface area contributed by atoms with Gasteiger partial charge in [-0.2, -0.15) is 0 Å². The van der Waals surface area contributed by atoms with E-state index in [-0.39, 0.29) is 17.7 Å². The van der Waals surface area contributed by atoms with Crippen molar-refractivity contribution < 1.29 is 14.0 Å². The van der Waals surface area contributed by atoms with E-state index >= 15 is 0 Å². The number of aromatic nitrogens is 1. The van der Waals surface area contributed by atoms with Gasteiger partial charge in [0.1, 0.15) is 10.6 Å². The van der Waals surface area contributed by atoms with Gasteiger partial charge >= 0.3 is 0 Å². The second-order valence-corrected chi connectivity index (χ2v) is 12.5. The van der Waals surface area contributed by atoms with Gasteiger partial charge in [0.15, 0.2) is 0 Å². The van der Waals surface area contributed by atoms with Crippen LogP contribution in [-0.4, -0.2) is 22.3 Å². The summed E-state index contributed by atoms with van der Waals surface area (Å²) in [5, 5.41) is 14.0. The lowest BCUT2D eigenvalue weighted by Gasteiger charge is -2.57. The van der Waals surface area contributed by atoms with Crippen molar-refractivity contribution in [2.75, 3.05) is 5.32 Å². The first-order chi connectivity index (χ1) is 17.5. The summed E-state index contributed by atoms with van der Waals surface area (Å²) >= 11 is 1.70. The van der Waals surface area contributed by atoms with Crippen LogP contribution in [0.25, 0.3) is 11.0 Å². The summed E-state index contributed by atoms with van der Waals surface area (Å²) in [4.78, 5) is 28.8. The fourth-order valence-corrected chi connectivity index (χ4v) is 8.45. The number of nitrogens with one attached hydrogen (secondary N) is 3. The number of hydrogen-bond donors (Lipinski definition) is 3. The summed E-state index contributed by atoms with van der Waals surface area (Å²) in [5.41, 5.74) is 4.04. The van der Waals surface area contributed by atoms with Crippen molar-refractivity contribution in [2.45, 2.75) is 75.9 Å². The van der Waals surface area contributed by atoms with Crippen molar-refractivity contribution in [1.82, 2.24) is 15.6 Å². The first-order valence-corrected chi connectivity index (χ1v) is 14.2. The second kappa shape index (κ2) is 8.70. The van der Waals surface area contributed by atoms with Gasteiger partial charge in [-0.15, -0.1) is 11.3 Å². The van der Waals surface area contributed by atoms with Crippen molar-refractivity contribution in [3.63, 3.8) is 0 Å². The maximum absolute atomic E-state index is 12.4. The Balaban J connectivity index is 0.994. The molecule has 1 aromatic carbocycles. The monoisotopic (exact) mass is 504 g/mol. The first-order valence-electron chi connectivity index (χ1n) is 13.3. The number of carbonyl (C=O) groups excluding carboxylic acids is 2. The zero-order valence-electron chi connectivity index (χ0n) is 20.3. The van der Waals surface area contributed by atoms with E-state index in [0.717, 1.165) is 57.2 Å². The number of benzene rings is 1. The van der Waals surface area contributed by atoms with Crippen LogP contribution in [0.2, 0.25) is 0 Å². The predicted octanol–water partition coefficient (Wildman–Crippen LogP) is 5.08. The summed E-state index contributed by atoms with van der Waals surface area (Å²) in [6.45, 7) is 1.51. The highest BCUT2D eigenvalue weighted by molar-refractivity contribution is 7.09. The van der Waals surface area contributed by atoms with Crippen molar-refractivity contribution in [1.29, 1.82) is 0 Å². The Labute approximate surface area is 214 Å². The molecule has 36 heavy (non-hydrogen) atoms. The molecule has 3 heterocycles. The van der Waals surface area contributed by atoms with Gasteiger partial charge in [0, 0.05) is 40.5 Å². The number of furan rings is 1. The Bertz CT molecular complexity index is 1290. The van der Waals surface area contributed by atoms with E-state index in [1.807, 2.05) is 18.2 Å². The van der Waals surface area contributed by atoms with Gasteiger partial charge in [-0.05, 0) is 80.9 Å². The van der Waals surface area contributed by atoms with Crippen LogP contribution in [-0.2, 0) is 22.7 Å². The largest absolute Gasteiger partial charge is 0.464 e. The van der Waals surface area contributed by atoms with E-state index in [1.165, 1.54) is 38.5 Å². The highest BCUT2D eigenvalue weighted by atomic mass is 32.1. The maximum atomic E-state index is 12.4. The van der Waals surface area contributed by atoms with E-state index in [2.05, 4.69) is 21.3 Å². The molecule has 8 heteroatoms. The van der Waals surface area contributed by atoms with Crippen LogP contribution in [0.4, 0.5) is 5.69 Å². The molecule has 1 unspecified atom stereocenters. The number of amides is 2. The third kappa shape index (κ3) is 4.14. The summed E-state index contributed by atoms with van der Waals surface area (Å²) in [7, 11) is 0. The van der Waals surface area contributed by atoms with Crippen molar-refractivity contribution >= 4 is 39.8 Å². The van der Waals surface area contributed by atoms with Gasteiger partial charge in [-0.1, -0.05) is 0 Å². The highest BCUT2D eigenvalue weighted by Gasteiger charge is 2.50. The molecule has 4 saturated carbocycles. The molecular weight excluding hydrogens is 472 g/mol. The van der Waals surface area contributed by atoms with E-state index in [9.17, 15) is 9.59 Å².